The van der Waals surface area contributed by atoms with Crippen molar-refractivity contribution in [2.24, 2.45) is 0 Å². The van der Waals surface area contributed by atoms with Crippen LogP contribution in [0, 0.1) is 0 Å². The van der Waals surface area contributed by atoms with Crippen molar-refractivity contribution >= 4 is 55.5 Å². The molecule has 0 saturated carbocycles. The van der Waals surface area contributed by atoms with Gasteiger partial charge in [-0.05, 0) is 61.6 Å². The third-order valence-corrected chi connectivity index (χ3v) is 8.38. The van der Waals surface area contributed by atoms with E-state index in [1.807, 2.05) is 6.07 Å². The Hall–Kier alpha value is -2.94. The lowest BCUT2D eigenvalue weighted by Crippen LogP contribution is -2.24. The number of thiophene rings is 1. The maximum Gasteiger partial charge on any atom is 0.282 e. The first kappa shape index (κ1) is 20.7. The Balaban J connectivity index is 1.51. The monoisotopic (exact) mass is 496 g/mol. The van der Waals surface area contributed by atoms with Crippen LogP contribution in [0.3, 0.4) is 0 Å². The molecule has 6 rings (SSSR count). The minimum absolute atomic E-state index is 0.190. The molecule has 1 aromatic carbocycles. The number of ether oxygens (including phenoxy) is 1. The molecule has 33 heavy (non-hydrogen) atoms. The van der Waals surface area contributed by atoms with E-state index >= 15 is 0 Å². The smallest absolute Gasteiger partial charge is 0.282 e. The maximum atomic E-state index is 13.3. The predicted octanol–water partition coefficient (Wildman–Crippen LogP) is 4.68. The van der Waals surface area contributed by atoms with Gasteiger partial charge in [-0.25, -0.2) is 4.40 Å². The fourth-order valence-electron chi connectivity index (χ4n) is 4.38. The van der Waals surface area contributed by atoms with Crippen LogP contribution >= 0.6 is 34.3 Å². The minimum atomic E-state index is -0.245. The molecule has 0 radical (unpaired) electrons. The van der Waals surface area contributed by atoms with Gasteiger partial charge < -0.3 is 9.15 Å². The Morgan fingerprint density at radius 1 is 1.15 bits per heavy atom. The van der Waals surface area contributed by atoms with Crippen molar-refractivity contribution in [1.29, 1.82) is 0 Å². The first-order valence-electron chi connectivity index (χ1n) is 10.5. The van der Waals surface area contributed by atoms with Crippen LogP contribution in [0.1, 0.15) is 29.0 Å². The molecule has 6 nitrogen and oxygen atoms in total. The highest BCUT2D eigenvalue weighted by molar-refractivity contribution is 7.19. The molecular weight excluding hydrogens is 480 g/mol. The van der Waals surface area contributed by atoms with Crippen molar-refractivity contribution in [3.8, 4) is 17.1 Å². The quantitative estimate of drug-likeness (QED) is 0.362. The molecule has 0 bridgehead atoms. The molecule has 4 heterocycles. The van der Waals surface area contributed by atoms with Crippen molar-refractivity contribution in [3.63, 3.8) is 0 Å². The minimum Gasteiger partial charge on any atom is -0.496 e. The van der Waals surface area contributed by atoms with E-state index in [1.165, 1.54) is 16.2 Å². The molecule has 0 aliphatic heterocycles. The number of nitrogens with zero attached hydrogens (tertiary/aromatic N) is 2. The Bertz CT molecular complexity index is 1730. The number of hydrogen-bond donors (Lipinski definition) is 0. The van der Waals surface area contributed by atoms with Gasteiger partial charge in [0.1, 0.15) is 26.6 Å². The lowest BCUT2D eigenvalue weighted by atomic mass is 9.97. The second-order valence-electron chi connectivity index (χ2n) is 7.89. The average Bonchev–Trinajstić information content (AvgIpc) is 3.50. The van der Waals surface area contributed by atoms with Crippen LogP contribution in [0.5, 0.6) is 5.75 Å². The summed E-state index contributed by atoms with van der Waals surface area (Å²) in [4.78, 5) is 32.7. The van der Waals surface area contributed by atoms with Crippen LogP contribution in [0.2, 0.25) is 5.02 Å². The van der Waals surface area contributed by atoms with Gasteiger partial charge in [-0.2, -0.15) is 4.98 Å². The second-order valence-corrected chi connectivity index (χ2v) is 10.4. The van der Waals surface area contributed by atoms with Gasteiger partial charge in [-0.1, -0.05) is 22.9 Å². The van der Waals surface area contributed by atoms with Crippen LogP contribution in [0.4, 0.5) is 0 Å². The van der Waals surface area contributed by atoms with Crippen LogP contribution in [0.25, 0.3) is 32.6 Å². The summed E-state index contributed by atoms with van der Waals surface area (Å²) in [6.07, 6.45) is 5.69. The number of aryl methyl sites for hydroxylation is 2. The molecule has 0 saturated heterocycles. The van der Waals surface area contributed by atoms with Gasteiger partial charge in [0.25, 0.3) is 11.1 Å². The summed E-state index contributed by atoms with van der Waals surface area (Å²) in [6, 6.07) is 8.89. The molecule has 0 fully saturated rings. The third-order valence-electron chi connectivity index (χ3n) is 5.90. The van der Waals surface area contributed by atoms with E-state index in [2.05, 4.69) is 4.98 Å². The molecule has 0 unspecified atom stereocenters. The van der Waals surface area contributed by atoms with E-state index in [1.54, 1.807) is 53.2 Å². The Labute approximate surface area is 200 Å². The van der Waals surface area contributed by atoms with Gasteiger partial charge in [-0.15, -0.1) is 11.3 Å². The number of fused-ring (bicyclic) bond motifs is 5. The highest BCUT2D eigenvalue weighted by Crippen LogP contribution is 2.35. The van der Waals surface area contributed by atoms with Crippen molar-refractivity contribution in [1.82, 2.24) is 9.38 Å². The second kappa shape index (κ2) is 7.83. The van der Waals surface area contributed by atoms with Crippen molar-refractivity contribution in [2.75, 3.05) is 7.11 Å². The Morgan fingerprint density at radius 2 is 2.00 bits per heavy atom. The van der Waals surface area contributed by atoms with Crippen molar-refractivity contribution in [2.45, 2.75) is 25.7 Å². The normalized spacial score (nSPS) is 14.3. The molecular formula is C24H17ClN2O4S2. The number of aromatic nitrogens is 2. The zero-order valence-corrected chi connectivity index (χ0v) is 19.9. The van der Waals surface area contributed by atoms with E-state index < -0.39 is 0 Å². The number of methoxy groups -OCH3 is 1. The molecule has 0 atom stereocenters. The van der Waals surface area contributed by atoms with Gasteiger partial charge in [0.2, 0.25) is 4.96 Å². The van der Waals surface area contributed by atoms with Crippen LogP contribution < -0.4 is 20.4 Å². The van der Waals surface area contributed by atoms with E-state index in [4.69, 9.17) is 20.8 Å². The molecule has 0 spiro atoms. The fourth-order valence-corrected chi connectivity index (χ4v) is 6.93. The molecule has 0 amide bonds. The van der Waals surface area contributed by atoms with E-state index in [0.29, 0.717) is 42.0 Å². The Morgan fingerprint density at radius 3 is 2.85 bits per heavy atom. The summed E-state index contributed by atoms with van der Waals surface area (Å²) in [5.74, 6) is 1.73. The number of halogens is 1. The first-order valence-corrected chi connectivity index (χ1v) is 12.5. The molecule has 1 aliphatic carbocycles. The van der Waals surface area contributed by atoms with E-state index in [-0.39, 0.29) is 11.1 Å². The summed E-state index contributed by atoms with van der Waals surface area (Å²) in [7, 11) is 1.58. The van der Waals surface area contributed by atoms with Crippen LogP contribution in [-0.4, -0.2) is 16.5 Å². The predicted molar refractivity (Wildman–Crippen MR) is 132 cm³/mol. The molecule has 9 heteroatoms. The lowest BCUT2D eigenvalue weighted by Gasteiger charge is -2.09. The SMILES string of the molecule is COc1ccc(Cl)cc1-c1ccc(C=c2sc3nc(=O)c4c5c(sc4n3c2=O)CCCC5)o1. The highest BCUT2D eigenvalue weighted by atomic mass is 35.5. The summed E-state index contributed by atoms with van der Waals surface area (Å²) >= 11 is 8.89. The third kappa shape index (κ3) is 3.32. The van der Waals surface area contributed by atoms with Gasteiger partial charge >= 0.3 is 0 Å². The molecule has 0 N–H and O–H groups in total. The largest absolute Gasteiger partial charge is 0.496 e. The molecule has 1 aliphatic rings. The number of benzene rings is 1. The number of furan rings is 1. The summed E-state index contributed by atoms with van der Waals surface area (Å²) in [5, 5.41) is 1.18. The summed E-state index contributed by atoms with van der Waals surface area (Å²) in [6.45, 7) is 0. The zero-order valence-electron chi connectivity index (χ0n) is 17.5. The lowest BCUT2D eigenvalue weighted by molar-refractivity contribution is 0.414. The fraction of sp³-hybridized carbons (Fsp3) is 0.208. The van der Waals surface area contributed by atoms with Crippen molar-refractivity contribution in [3.05, 3.63) is 76.8 Å². The zero-order chi connectivity index (χ0) is 22.7. The van der Waals surface area contributed by atoms with Gasteiger partial charge in [0, 0.05) is 16.0 Å². The maximum absolute atomic E-state index is 13.3. The first-order chi connectivity index (χ1) is 16.0. The topological polar surface area (TPSA) is 73.8 Å². The molecule has 166 valence electrons. The summed E-state index contributed by atoms with van der Waals surface area (Å²) in [5.41, 5.74) is 1.37. The number of rotatable bonds is 3. The van der Waals surface area contributed by atoms with E-state index in [9.17, 15) is 9.59 Å². The highest BCUT2D eigenvalue weighted by Gasteiger charge is 2.22. The molecule has 4 aromatic heterocycles. The standard InChI is InChI=1S/C24H17ClN2O4S2/c1-30-16-8-6-12(25)10-15(16)17-9-7-13(31-17)11-19-22(29)27-23-20(21(28)26-24(27)33-19)14-4-2-3-5-18(14)32-23/h6-11H,2-5H2,1H3. The van der Waals surface area contributed by atoms with Gasteiger partial charge in [0.15, 0.2) is 0 Å². The number of hydrogen-bond acceptors (Lipinski definition) is 7. The van der Waals surface area contributed by atoms with Crippen LogP contribution in [-0.2, 0) is 12.8 Å². The Kier molecular flexibility index (Phi) is 4.90. The van der Waals surface area contributed by atoms with Gasteiger partial charge in [-0.3, -0.25) is 9.59 Å². The van der Waals surface area contributed by atoms with E-state index in [0.717, 1.165) is 36.8 Å². The average molecular weight is 497 g/mol. The van der Waals surface area contributed by atoms with Crippen LogP contribution in [0.15, 0.2) is 44.3 Å². The van der Waals surface area contributed by atoms with Crippen molar-refractivity contribution < 1.29 is 9.15 Å². The summed E-state index contributed by atoms with van der Waals surface area (Å²) < 4.78 is 13.4. The molecule has 5 aromatic rings. The van der Waals surface area contributed by atoms with Gasteiger partial charge in [0.05, 0.1) is 18.1 Å². The number of thiazole rings is 1.